The van der Waals surface area contributed by atoms with Crippen molar-refractivity contribution in [2.45, 2.75) is 37.1 Å². The molecule has 0 aromatic heterocycles. The number of carbonyl (C=O) groups is 1. The molecule has 0 spiro atoms. The number of morpholine rings is 1. The molecular formula is C20H32N3O5S+. The minimum atomic E-state index is -3.69. The fourth-order valence-corrected chi connectivity index (χ4v) is 5.61. The van der Waals surface area contributed by atoms with Gasteiger partial charge in [0, 0.05) is 18.7 Å². The van der Waals surface area contributed by atoms with Gasteiger partial charge in [0.1, 0.15) is 29.3 Å². The second kappa shape index (κ2) is 8.99. The van der Waals surface area contributed by atoms with E-state index in [1.165, 1.54) is 22.4 Å². The Morgan fingerprint density at radius 2 is 1.90 bits per heavy atom. The predicted octanol–water partition coefficient (Wildman–Crippen LogP) is -0.0968. The van der Waals surface area contributed by atoms with Crippen molar-refractivity contribution in [3.63, 3.8) is 0 Å². The first kappa shape index (κ1) is 22.0. The lowest BCUT2D eigenvalue weighted by Gasteiger charge is -2.37. The quantitative estimate of drug-likeness (QED) is 0.636. The smallest absolute Gasteiger partial charge is 0.251 e. The molecule has 2 fully saturated rings. The van der Waals surface area contributed by atoms with Crippen LogP contribution in [0.4, 0.5) is 0 Å². The van der Waals surface area contributed by atoms with Crippen LogP contribution < -0.4 is 15.0 Å². The van der Waals surface area contributed by atoms with Crippen LogP contribution in [0.3, 0.4) is 0 Å². The van der Waals surface area contributed by atoms with Crippen LogP contribution in [0.15, 0.2) is 23.1 Å². The fourth-order valence-electron chi connectivity index (χ4n) is 3.91. The van der Waals surface area contributed by atoms with Gasteiger partial charge in [-0.15, -0.1) is 0 Å². The molecule has 0 saturated carbocycles. The van der Waals surface area contributed by atoms with Gasteiger partial charge in [-0.2, -0.15) is 4.31 Å². The molecule has 2 N–H and O–H groups in total. The van der Waals surface area contributed by atoms with E-state index >= 15 is 0 Å². The van der Waals surface area contributed by atoms with Crippen LogP contribution in [-0.4, -0.2) is 77.2 Å². The molecule has 2 aliphatic rings. The van der Waals surface area contributed by atoms with Crippen molar-refractivity contribution < 1.29 is 27.6 Å². The summed E-state index contributed by atoms with van der Waals surface area (Å²) in [6, 6.07) is 4.58. The summed E-state index contributed by atoms with van der Waals surface area (Å²) in [4.78, 5) is 14.2. The van der Waals surface area contributed by atoms with Gasteiger partial charge in [-0.05, 0) is 44.9 Å². The molecule has 29 heavy (non-hydrogen) atoms. The summed E-state index contributed by atoms with van der Waals surface area (Å²) in [6.45, 7) is 8.98. The van der Waals surface area contributed by atoms with Gasteiger partial charge in [-0.3, -0.25) is 4.79 Å². The van der Waals surface area contributed by atoms with Crippen LogP contribution in [0.2, 0.25) is 0 Å². The number of sulfonamides is 1. The maximum Gasteiger partial charge on any atom is 0.251 e. The number of rotatable bonds is 7. The maximum absolute atomic E-state index is 13.0. The van der Waals surface area contributed by atoms with Crippen molar-refractivity contribution in [2.75, 3.05) is 53.0 Å². The largest absolute Gasteiger partial charge is 0.495 e. The number of benzene rings is 1. The Kier molecular flexibility index (Phi) is 6.83. The first-order valence-electron chi connectivity index (χ1n) is 10.1. The highest BCUT2D eigenvalue weighted by Gasteiger charge is 2.33. The van der Waals surface area contributed by atoms with E-state index < -0.39 is 10.0 Å². The number of hydrogen-bond donors (Lipinski definition) is 2. The number of quaternary nitrogens is 1. The SMILES string of the molecule is COc1ccc(C(=O)NCC(C)(C)[NH+]2CCOCC2)cc1S(=O)(=O)N1CCCC1. The van der Waals surface area contributed by atoms with E-state index in [4.69, 9.17) is 9.47 Å². The Labute approximate surface area is 173 Å². The summed E-state index contributed by atoms with van der Waals surface area (Å²) >= 11 is 0. The van der Waals surface area contributed by atoms with Gasteiger partial charge >= 0.3 is 0 Å². The Hall–Kier alpha value is -1.68. The van der Waals surface area contributed by atoms with Crippen LogP contribution in [0.1, 0.15) is 37.0 Å². The van der Waals surface area contributed by atoms with Gasteiger partial charge in [0.15, 0.2) is 0 Å². The zero-order valence-electron chi connectivity index (χ0n) is 17.5. The summed E-state index contributed by atoms with van der Waals surface area (Å²) in [5.74, 6) is -0.0298. The summed E-state index contributed by atoms with van der Waals surface area (Å²) in [5.41, 5.74) is 0.174. The number of amides is 1. The summed E-state index contributed by atoms with van der Waals surface area (Å²) < 4.78 is 38.2. The van der Waals surface area contributed by atoms with Crippen molar-refractivity contribution in [3.05, 3.63) is 23.8 Å². The molecular weight excluding hydrogens is 394 g/mol. The third-order valence-corrected chi connectivity index (χ3v) is 7.77. The van der Waals surface area contributed by atoms with Gasteiger partial charge < -0.3 is 19.7 Å². The molecule has 1 aromatic rings. The molecule has 8 nitrogen and oxygen atoms in total. The summed E-state index contributed by atoms with van der Waals surface area (Å²) in [5, 5.41) is 2.97. The highest BCUT2D eigenvalue weighted by molar-refractivity contribution is 7.89. The first-order valence-corrected chi connectivity index (χ1v) is 11.6. The van der Waals surface area contributed by atoms with E-state index in [0.29, 0.717) is 25.2 Å². The lowest BCUT2D eigenvalue weighted by Crippen LogP contribution is -3.22. The molecule has 0 bridgehead atoms. The van der Waals surface area contributed by atoms with Crippen LogP contribution in [0.5, 0.6) is 5.75 Å². The Morgan fingerprint density at radius 1 is 1.24 bits per heavy atom. The number of nitrogens with one attached hydrogen (secondary N) is 2. The average molecular weight is 427 g/mol. The first-order chi connectivity index (χ1) is 13.8. The molecule has 9 heteroatoms. The Bertz CT molecular complexity index is 829. The predicted molar refractivity (Wildman–Crippen MR) is 109 cm³/mol. The monoisotopic (exact) mass is 426 g/mol. The number of carbonyl (C=O) groups excluding carboxylic acids is 1. The molecule has 2 heterocycles. The minimum absolute atomic E-state index is 0.0487. The molecule has 3 rings (SSSR count). The lowest BCUT2D eigenvalue weighted by atomic mass is 10.0. The van der Waals surface area contributed by atoms with Gasteiger partial charge in [0.2, 0.25) is 10.0 Å². The third-order valence-electron chi connectivity index (χ3n) is 5.85. The second-order valence-corrected chi connectivity index (χ2v) is 10.2. The van der Waals surface area contributed by atoms with Crippen molar-refractivity contribution in [2.24, 2.45) is 0 Å². The zero-order chi connectivity index (χ0) is 21.1. The van der Waals surface area contributed by atoms with Crippen molar-refractivity contribution in [1.82, 2.24) is 9.62 Å². The summed E-state index contributed by atoms with van der Waals surface area (Å²) in [7, 11) is -2.25. The van der Waals surface area contributed by atoms with Crippen molar-refractivity contribution in [3.8, 4) is 5.75 Å². The normalized spacial score (nSPS) is 19.3. The van der Waals surface area contributed by atoms with E-state index in [9.17, 15) is 13.2 Å². The summed E-state index contributed by atoms with van der Waals surface area (Å²) in [6.07, 6.45) is 1.70. The highest BCUT2D eigenvalue weighted by Crippen LogP contribution is 2.29. The van der Waals surface area contributed by atoms with Crippen LogP contribution >= 0.6 is 0 Å². The van der Waals surface area contributed by atoms with Gasteiger partial charge in [-0.25, -0.2) is 8.42 Å². The number of hydrogen-bond acceptors (Lipinski definition) is 5. The molecule has 0 atom stereocenters. The van der Waals surface area contributed by atoms with E-state index in [-0.39, 0.29) is 22.1 Å². The minimum Gasteiger partial charge on any atom is -0.495 e. The van der Waals surface area contributed by atoms with E-state index in [2.05, 4.69) is 19.2 Å². The third kappa shape index (κ3) is 4.91. The van der Waals surface area contributed by atoms with E-state index in [0.717, 1.165) is 39.1 Å². The highest BCUT2D eigenvalue weighted by atomic mass is 32.2. The molecule has 0 aliphatic carbocycles. The van der Waals surface area contributed by atoms with E-state index in [1.54, 1.807) is 12.1 Å². The van der Waals surface area contributed by atoms with E-state index in [1.807, 2.05) is 0 Å². The molecule has 162 valence electrons. The molecule has 1 aromatic carbocycles. The van der Waals surface area contributed by atoms with Crippen LogP contribution in [0.25, 0.3) is 0 Å². The number of methoxy groups -OCH3 is 1. The number of nitrogens with zero attached hydrogens (tertiary/aromatic N) is 1. The standard InChI is InChI=1S/C20H31N3O5S/c1-20(2,22-10-12-28-13-11-22)15-21-19(24)16-6-7-17(27-3)18(14-16)29(25,26)23-8-4-5-9-23/h6-7,14H,4-5,8-13,15H2,1-3H3,(H,21,24)/p+1. The Balaban J connectivity index is 1.75. The van der Waals surface area contributed by atoms with Crippen molar-refractivity contribution in [1.29, 1.82) is 0 Å². The van der Waals surface area contributed by atoms with Gasteiger partial charge in [0.05, 0.1) is 26.9 Å². The molecule has 0 unspecified atom stereocenters. The van der Waals surface area contributed by atoms with Gasteiger partial charge in [-0.1, -0.05) is 0 Å². The number of ether oxygens (including phenoxy) is 2. The fraction of sp³-hybridized carbons (Fsp3) is 0.650. The van der Waals surface area contributed by atoms with Crippen molar-refractivity contribution >= 4 is 15.9 Å². The second-order valence-electron chi connectivity index (χ2n) is 8.26. The lowest BCUT2D eigenvalue weighted by molar-refractivity contribution is -0.954. The molecule has 2 saturated heterocycles. The topological polar surface area (TPSA) is 89.4 Å². The Morgan fingerprint density at radius 3 is 2.52 bits per heavy atom. The maximum atomic E-state index is 13.0. The molecule has 1 amide bonds. The molecule has 0 radical (unpaired) electrons. The average Bonchev–Trinajstić information content (AvgIpc) is 3.28. The van der Waals surface area contributed by atoms with Crippen LogP contribution in [-0.2, 0) is 14.8 Å². The van der Waals surface area contributed by atoms with Gasteiger partial charge in [0.25, 0.3) is 5.91 Å². The zero-order valence-corrected chi connectivity index (χ0v) is 18.3. The van der Waals surface area contributed by atoms with Crippen LogP contribution in [0, 0.1) is 0 Å². The molecule has 2 aliphatic heterocycles.